The van der Waals surface area contributed by atoms with Gasteiger partial charge in [0, 0.05) is 31.1 Å². The maximum absolute atomic E-state index is 9.58. The van der Waals surface area contributed by atoms with E-state index in [4.69, 9.17) is 14.2 Å². The third-order valence-electron chi connectivity index (χ3n) is 3.77. The molecule has 2 heterocycles. The van der Waals surface area contributed by atoms with E-state index in [9.17, 15) is 5.11 Å². The van der Waals surface area contributed by atoms with Crippen LogP contribution >= 0.6 is 0 Å². The van der Waals surface area contributed by atoms with Crippen molar-refractivity contribution in [3.63, 3.8) is 0 Å². The van der Waals surface area contributed by atoms with Crippen LogP contribution in [0.3, 0.4) is 0 Å². The summed E-state index contributed by atoms with van der Waals surface area (Å²) in [5.74, 6) is 0. The Hall–Kier alpha value is 0.112. The first kappa shape index (κ1) is 15.5. The smallest absolute Gasteiger partial charge is 0.112 e. The largest absolute Gasteiger partial charge is 0.539 e. The molecule has 2 fully saturated rings. The Morgan fingerprint density at radius 2 is 2.11 bits per heavy atom. The van der Waals surface area contributed by atoms with Gasteiger partial charge in [0.1, 0.15) is 5.60 Å². The van der Waals surface area contributed by atoms with Gasteiger partial charge in [0.05, 0.1) is 25.4 Å². The fourth-order valence-corrected chi connectivity index (χ4v) is 2.64. The summed E-state index contributed by atoms with van der Waals surface area (Å²) in [7, 11) is 0. The molecule has 4 atom stereocenters. The van der Waals surface area contributed by atoms with Crippen LogP contribution in [0.25, 0.3) is 0 Å². The van der Waals surface area contributed by atoms with Crippen LogP contribution in [0.4, 0.5) is 0 Å². The Kier molecular flexibility index (Phi) is 5.10. The van der Waals surface area contributed by atoms with Gasteiger partial charge in [0.25, 0.3) is 0 Å². The predicted octanol–water partition coefficient (Wildman–Crippen LogP) is 1.28. The zero-order chi connectivity index (χ0) is 12.6. The van der Waals surface area contributed by atoms with E-state index in [1.807, 2.05) is 37.3 Å². The Bertz CT molecular complexity index is 413. The van der Waals surface area contributed by atoms with Gasteiger partial charge >= 0.3 is 0 Å². The summed E-state index contributed by atoms with van der Waals surface area (Å²) in [5, 5.41) is 9.58. The van der Waals surface area contributed by atoms with E-state index in [2.05, 4.69) is 0 Å². The summed E-state index contributed by atoms with van der Waals surface area (Å²) in [5.41, 5.74) is 0.365. The van der Waals surface area contributed by atoms with E-state index < -0.39 is 5.60 Å². The van der Waals surface area contributed by atoms with Crippen LogP contribution < -0.4 is 0 Å². The number of rotatable bonds is 4. The van der Waals surface area contributed by atoms with Crippen LogP contribution in [-0.2, 0) is 20.8 Å². The molecule has 0 spiro atoms. The molecule has 3 rings (SSSR count). The molecule has 19 heavy (non-hydrogen) atoms. The zero-order valence-corrected chi connectivity index (χ0v) is 14.9. The molecule has 102 valence electrons. The molecule has 0 aliphatic carbocycles. The molecule has 5 heteroatoms. The van der Waals surface area contributed by atoms with Gasteiger partial charge in [-0.05, 0) is 18.6 Å². The molecule has 0 unspecified atom stereocenters. The van der Waals surface area contributed by atoms with Gasteiger partial charge in [-0.15, -0.1) is 0 Å². The van der Waals surface area contributed by atoms with Crippen LogP contribution in [0.1, 0.15) is 12.5 Å². The van der Waals surface area contributed by atoms with Gasteiger partial charge < -0.3 is 19.3 Å². The minimum atomic E-state index is -0.737. The number of hydrogen-bond acceptors (Lipinski definition) is 4. The van der Waals surface area contributed by atoms with Crippen LogP contribution in [-0.4, -0.2) is 35.6 Å². The van der Waals surface area contributed by atoms with Crippen molar-refractivity contribution < 1.29 is 50.4 Å². The van der Waals surface area contributed by atoms with Crippen LogP contribution in [0, 0.1) is 37.7 Å². The van der Waals surface area contributed by atoms with Crippen molar-refractivity contribution in [2.24, 2.45) is 0 Å². The molecule has 0 aromatic heterocycles. The second-order valence-corrected chi connectivity index (χ2v) is 4.83. The zero-order valence-electron chi connectivity index (χ0n) is 10.8. The minimum Gasteiger partial charge on any atom is -0.539 e. The molecule has 0 saturated carbocycles. The number of hydrogen-bond donors (Lipinski definition) is 1. The average molecular weight is 487 g/mol. The Balaban J connectivity index is 0.00000133. The van der Waals surface area contributed by atoms with Gasteiger partial charge in [0.15, 0.2) is 0 Å². The van der Waals surface area contributed by atoms with Gasteiger partial charge in [0.2, 0.25) is 0 Å². The summed E-state index contributed by atoms with van der Waals surface area (Å²) in [6.45, 7) is 3.94. The Morgan fingerprint density at radius 3 is 2.74 bits per heavy atom. The summed E-state index contributed by atoms with van der Waals surface area (Å²) < 4.78 is 17.2. The third kappa shape index (κ3) is 2.65. The van der Waals surface area contributed by atoms with Crippen molar-refractivity contribution >= 4 is 0 Å². The second kappa shape index (κ2) is 6.26. The van der Waals surface area contributed by atoms with E-state index in [-0.39, 0.29) is 56.0 Å². The number of benzene rings is 1. The van der Waals surface area contributed by atoms with E-state index in [0.717, 1.165) is 5.56 Å². The molecule has 2 aliphatic heterocycles. The van der Waals surface area contributed by atoms with Crippen molar-refractivity contribution in [1.29, 1.82) is 0 Å². The number of fused-ring (bicyclic) bond motifs is 2. The first-order valence-corrected chi connectivity index (χ1v) is 6.19. The first-order valence-electron chi connectivity index (χ1n) is 6.19. The minimum absolute atomic E-state index is 0. The van der Waals surface area contributed by atoms with Gasteiger partial charge in [-0.3, -0.25) is 0 Å². The topological polar surface area (TPSA) is 47.9 Å². The van der Waals surface area contributed by atoms with Crippen LogP contribution in [0.5, 0.6) is 0 Å². The van der Waals surface area contributed by atoms with Crippen molar-refractivity contribution in [3.8, 4) is 0 Å². The maximum atomic E-state index is 9.58. The van der Waals surface area contributed by atoms with Crippen molar-refractivity contribution in [2.75, 3.05) is 6.61 Å². The van der Waals surface area contributed by atoms with Crippen molar-refractivity contribution in [1.82, 2.24) is 0 Å². The molecule has 0 radical (unpaired) electrons. The standard InChI is InChI=1S/C14H17O4.U/c1-10-14(9-15)13(12(18-10)8-17-14)16-7-11-5-3-2-4-6-11;/h2-6,8,10,12-13,15H,7,9H2,1H3;/q-1;/t10-,12+,13+,14+;/m1./s1. The van der Waals surface area contributed by atoms with Gasteiger partial charge in [-0.25, -0.2) is 0 Å². The summed E-state index contributed by atoms with van der Waals surface area (Å²) >= 11 is 0. The van der Waals surface area contributed by atoms with Crippen molar-refractivity contribution in [3.05, 3.63) is 42.5 Å². The van der Waals surface area contributed by atoms with E-state index in [1.165, 1.54) is 0 Å². The first-order chi connectivity index (χ1) is 8.76. The SMILES string of the molecule is C[C@H]1O[C@H]2[CH-]O[C@]1(CO)[C@H]2OCc1ccccc1.[U]. The fraction of sp³-hybridized carbons (Fsp3) is 0.500. The van der Waals surface area contributed by atoms with E-state index in [1.54, 1.807) is 6.61 Å². The van der Waals surface area contributed by atoms with E-state index >= 15 is 0 Å². The van der Waals surface area contributed by atoms with Gasteiger partial charge in [-0.2, -0.15) is 6.61 Å². The predicted molar refractivity (Wildman–Crippen MR) is 64.6 cm³/mol. The average Bonchev–Trinajstić information content (AvgIpc) is 2.89. The Labute approximate surface area is 136 Å². The summed E-state index contributed by atoms with van der Waals surface area (Å²) in [6, 6.07) is 9.95. The molecule has 1 aromatic rings. The van der Waals surface area contributed by atoms with Crippen LogP contribution in [0.2, 0.25) is 0 Å². The monoisotopic (exact) mass is 487 g/mol. The maximum Gasteiger partial charge on any atom is 0.112 e. The second-order valence-electron chi connectivity index (χ2n) is 4.83. The molecule has 2 bridgehead atoms. The molecular formula is C14H17O4U-. The molecule has 0 amide bonds. The quantitative estimate of drug-likeness (QED) is 0.651. The summed E-state index contributed by atoms with van der Waals surface area (Å²) in [6.07, 6.45) is -0.577. The molecule has 4 nitrogen and oxygen atoms in total. The van der Waals surface area contributed by atoms with Gasteiger partial charge in [-0.1, -0.05) is 30.3 Å². The normalized spacial score (nSPS) is 36.2. The number of aliphatic hydroxyl groups excluding tert-OH is 1. The molecule has 1 aromatic carbocycles. The molecule has 2 saturated heterocycles. The number of aliphatic hydroxyl groups is 1. The molecule has 1 N–H and O–H groups in total. The third-order valence-corrected chi connectivity index (χ3v) is 3.77. The van der Waals surface area contributed by atoms with E-state index in [0.29, 0.717) is 6.61 Å². The van der Waals surface area contributed by atoms with Crippen molar-refractivity contribution in [2.45, 2.75) is 37.4 Å². The molecular weight excluding hydrogens is 470 g/mol. The van der Waals surface area contributed by atoms with Crippen LogP contribution in [0.15, 0.2) is 30.3 Å². The molecule has 2 aliphatic rings. The number of ether oxygens (including phenoxy) is 3. The summed E-state index contributed by atoms with van der Waals surface area (Å²) in [4.78, 5) is 0. The Morgan fingerprint density at radius 1 is 1.37 bits per heavy atom. The fourth-order valence-electron chi connectivity index (χ4n) is 2.64.